The number of nitrogens with two attached hydrogens (primary N) is 1. The summed E-state index contributed by atoms with van der Waals surface area (Å²) in [5.41, 5.74) is 4.20. The van der Waals surface area contributed by atoms with Gasteiger partial charge in [-0.05, 0) is 18.2 Å². The van der Waals surface area contributed by atoms with Crippen molar-refractivity contribution >= 4 is 11.6 Å². The van der Waals surface area contributed by atoms with Crippen molar-refractivity contribution in [2.45, 2.75) is 18.6 Å². The van der Waals surface area contributed by atoms with Gasteiger partial charge in [0.15, 0.2) is 0 Å². The third kappa shape index (κ3) is 2.53. The van der Waals surface area contributed by atoms with Gasteiger partial charge in [0.1, 0.15) is 0 Å². The van der Waals surface area contributed by atoms with Crippen LogP contribution in [0.1, 0.15) is 17.5 Å². The Morgan fingerprint density at radius 2 is 2.11 bits per heavy atom. The molecule has 0 aliphatic carbocycles. The summed E-state index contributed by atoms with van der Waals surface area (Å²) in [7, 11) is 0. The summed E-state index contributed by atoms with van der Waals surface area (Å²) in [4.78, 5) is 12.8. The lowest BCUT2D eigenvalue weighted by atomic mass is 10.1. The maximum Gasteiger partial charge on any atom is 0.417 e. The molecule has 1 heterocycles. The lowest BCUT2D eigenvalue weighted by Gasteiger charge is -2.18. The van der Waals surface area contributed by atoms with Gasteiger partial charge >= 0.3 is 6.18 Å². The van der Waals surface area contributed by atoms with Crippen molar-refractivity contribution in [3.63, 3.8) is 0 Å². The average Bonchev–Trinajstić information content (AvgIpc) is 2.66. The Kier molecular flexibility index (Phi) is 3.20. The summed E-state index contributed by atoms with van der Waals surface area (Å²) in [6.07, 6.45) is -4.52. The zero-order chi connectivity index (χ0) is 14.2. The van der Waals surface area contributed by atoms with E-state index in [1.807, 2.05) is 0 Å². The van der Waals surface area contributed by atoms with Crippen molar-refractivity contribution in [2.24, 2.45) is 5.73 Å². The summed E-state index contributed by atoms with van der Waals surface area (Å²) < 4.78 is 38.4. The number of rotatable bonds is 1. The normalized spacial score (nSPS) is 19.6. The summed E-state index contributed by atoms with van der Waals surface area (Å²) in [6.45, 7) is 0.183. The minimum atomic E-state index is -4.63. The average molecular weight is 269 g/mol. The molecule has 7 heteroatoms. The van der Waals surface area contributed by atoms with Crippen LogP contribution in [0.3, 0.4) is 0 Å². The number of carbonyl (C=O) groups excluding carboxylic acids is 1. The van der Waals surface area contributed by atoms with Crippen molar-refractivity contribution in [1.82, 2.24) is 0 Å². The fourth-order valence-corrected chi connectivity index (χ4v) is 2.02. The van der Waals surface area contributed by atoms with Gasteiger partial charge in [-0.2, -0.15) is 18.4 Å². The lowest BCUT2D eigenvalue weighted by Crippen LogP contribution is -2.28. The molecule has 1 aliphatic heterocycles. The Bertz CT molecular complexity index is 562. The van der Waals surface area contributed by atoms with Crippen LogP contribution in [-0.4, -0.2) is 18.5 Å². The molecule has 4 nitrogen and oxygen atoms in total. The van der Waals surface area contributed by atoms with Crippen LogP contribution in [0, 0.1) is 11.3 Å². The van der Waals surface area contributed by atoms with Gasteiger partial charge in [-0.15, -0.1) is 0 Å². The molecular weight excluding hydrogens is 259 g/mol. The van der Waals surface area contributed by atoms with Gasteiger partial charge in [-0.3, -0.25) is 4.79 Å². The molecule has 1 aromatic carbocycles. The maximum atomic E-state index is 12.8. The Balaban J connectivity index is 2.45. The van der Waals surface area contributed by atoms with Crippen LogP contribution in [0.4, 0.5) is 18.9 Å². The third-order valence-corrected chi connectivity index (χ3v) is 2.90. The van der Waals surface area contributed by atoms with Crippen molar-refractivity contribution in [3.05, 3.63) is 29.3 Å². The second-order valence-corrected chi connectivity index (χ2v) is 4.31. The Morgan fingerprint density at radius 1 is 1.42 bits per heavy atom. The van der Waals surface area contributed by atoms with Gasteiger partial charge < -0.3 is 10.6 Å². The monoisotopic (exact) mass is 269 g/mol. The summed E-state index contributed by atoms with van der Waals surface area (Å²) in [5, 5.41) is 8.68. The summed E-state index contributed by atoms with van der Waals surface area (Å²) in [6, 6.07) is 4.32. The molecule has 1 saturated heterocycles. The standard InChI is InChI=1S/C12H10F3N3O/c13-12(14,15)10-4-9(2-1-7(10)5-16)18-6-8(17)3-11(18)19/h1-2,4,8H,3,6,17H2. The van der Waals surface area contributed by atoms with E-state index in [2.05, 4.69) is 0 Å². The molecule has 100 valence electrons. The fraction of sp³-hybridized carbons (Fsp3) is 0.333. The predicted molar refractivity (Wildman–Crippen MR) is 61.1 cm³/mol. The van der Waals surface area contributed by atoms with E-state index >= 15 is 0 Å². The molecule has 1 unspecified atom stereocenters. The van der Waals surface area contributed by atoms with E-state index in [0.717, 1.165) is 12.1 Å². The first-order valence-electron chi connectivity index (χ1n) is 5.50. The SMILES string of the molecule is N#Cc1ccc(N2CC(N)CC2=O)cc1C(F)(F)F. The maximum absolute atomic E-state index is 12.8. The van der Waals surface area contributed by atoms with E-state index in [9.17, 15) is 18.0 Å². The van der Waals surface area contributed by atoms with Gasteiger partial charge in [-0.25, -0.2) is 0 Å². The van der Waals surface area contributed by atoms with Crippen molar-refractivity contribution in [1.29, 1.82) is 5.26 Å². The summed E-state index contributed by atoms with van der Waals surface area (Å²) in [5.74, 6) is -0.315. The minimum Gasteiger partial charge on any atom is -0.326 e. The molecule has 0 spiro atoms. The molecular formula is C12H10F3N3O. The second kappa shape index (κ2) is 4.55. The van der Waals surface area contributed by atoms with Gasteiger partial charge in [0.25, 0.3) is 0 Å². The molecule has 0 bridgehead atoms. The molecule has 2 N–H and O–H groups in total. The predicted octanol–water partition coefficient (Wildman–Crippen LogP) is 1.64. The van der Waals surface area contributed by atoms with Gasteiger partial charge in [-0.1, -0.05) is 0 Å². The minimum absolute atomic E-state index is 0.112. The Morgan fingerprint density at radius 3 is 2.58 bits per heavy atom. The second-order valence-electron chi connectivity index (χ2n) is 4.31. The van der Waals surface area contributed by atoms with Crippen LogP contribution >= 0.6 is 0 Å². The van der Waals surface area contributed by atoms with Gasteiger partial charge in [0, 0.05) is 24.7 Å². The molecule has 1 aromatic rings. The van der Waals surface area contributed by atoms with E-state index in [1.54, 1.807) is 0 Å². The van der Waals surface area contributed by atoms with E-state index in [4.69, 9.17) is 11.0 Å². The molecule has 1 aliphatic rings. The van der Waals surface area contributed by atoms with Gasteiger partial charge in [0.2, 0.25) is 5.91 Å². The highest BCUT2D eigenvalue weighted by molar-refractivity contribution is 5.96. The number of benzene rings is 1. The Hall–Kier alpha value is -2.07. The molecule has 0 saturated carbocycles. The molecule has 2 rings (SSSR count). The smallest absolute Gasteiger partial charge is 0.326 e. The molecule has 1 fully saturated rings. The van der Waals surface area contributed by atoms with E-state index in [-0.39, 0.29) is 30.6 Å². The molecule has 0 aromatic heterocycles. The number of nitriles is 1. The quantitative estimate of drug-likeness (QED) is 0.842. The van der Waals surface area contributed by atoms with Crippen LogP contribution in [0.15, 0.2) is 18.2 Å². The van der Waals surface area contributed by atoms with Crippen LogP contribution in [0.5, 0.6) is 0 Å². The Labute approximate surface area is 107 Å². The zero-order valence-corrected chi connectivity index (χ0v) is 9.74. The number of hydrogen-bond donors (Lipinski definition) is 1. The van der Waals surface area contributed by atoms with Crippen LogP contribution < -0.4 is 10.6 Å². The van der Waals surface area contributed by atoms with E-state index in [0.29, 0.717) is 0 Å². The number of carbonyl (C=O) groups is 1. The zero-order valence-electron chi connectivity index (χ0n) is 9.74. The van der Waals surface area contributed by atoms with E-state index in [1.165, 1.54) is 17.0 Å². The molecule has 19 heavy (non-hydrogen) atoms. The number of hydrogen-bond acceptors (Lipinski definition) is 3. The number of alkyl halides is 3. The first kappa shape index (κ1) is 13.4. The first-order chi connectivity index (χ1) is 8.82. The number of nitrogens with zero attached hydrogens (tertiary/aromatic N) is 2. The first-order valence-corrected chi connectivity index (χ1v) is 5.50. The highest BCUT2D eigenvalue weighted by atomic mass is 19.4. The van der Waals surface area contributed by atoms with Crippen LogP contribution in [0.2, 0.25) is 0 Å². The summed E-state index contributed by atoms with van der Waals surface area (Å²) >= 11 is 0. The number of anilines is 1. The highest BCUT2D eigenvalue weighted by Crippen LogP contribution is 2.35. The van der Waals surface area contributed by atoms with Crippen LogP contribution in [-0.2, 0) is 11.0 Å². The van der Waals surface area contributed by atoms with E-state index < -0.39 is 17.3 Å². The lowest BCUT2D eigenvalue weighted by molar-refractivity contribution is -0.137. The van der Waals surface area contributed by atoms with Crippen LogP contribution in [0.25, 0.3) is 0 Å². The highest BCUT2D eigenvalue weighted by Gasteiger charge is 2.35. The molecule has 1 atom stereocenters. The third-order valence-electron chi connectivity index (χ3n) is 2.90. The number of amides is 1. The molecule has 1 amide bonds. The van der Waals surface area contributed by atoms with Crippen molar-refractivity contribution in [2.75, 3.05) is 11.4 Å². The fourth-order valence-electron chi connectivity index (χ4n) is 2.02. The topological polar surface area (TPSA) is 70.1 Å². The van der Waals surface area contributed by atoms with Crippen molar-refractivity contribution in [3.8, 4) is 6.07 Å². The van der Waals surface area contributed by atoms with Gasteiger partial charge in [0.05, 0.1) is 17.2 Å². The van der Waals surface area contributed by atoms with Crippen molar-refractivity contribution < 1.29 is 18.0 Å². The number of halogens is 3. The largest absolute Gasteiger partial charge is 0.417 e. The molecule has 0 radical (unpaired) electrons.